The minimum absolute atomic E-state index is 0.280. The molecule has 2 aromatic heterocycles. The Morgan fingerprint density at radius 2 is 1.74 bits per heavy atom. The van der Waals surface area contributed by atoms with E-state index in [9.17, 15) is 4.79 Å². The fraction of sp³-hybridized carbons (Fsp3) is 0.320. The highest BCUT2D eigenvalue weighted by Gasteiger charge is 2.22. The topological polar surface area (TPSA) is 58.6 Å². The number of aromatic nitrogens is 2. The van der Waals surface area contributed by atoms with Crippen LogP contribution in [0.3, 0.4) is 0 Å². The average molecular weight is 417 g/mol. The Balaban J connectivity index is 1.22. The Hall–Kier alpha value is -3.25. The van der Waals surface area contributed by atoms with Crippen LogP contribution >= 0.6 is 0 Å². The maximum atomic E-state index is 12.5. The van der Waals surface area contributed by atoms with Gasteiger partial charge in [0.2, 0.25) is 0 Å². The third kappa shape index (κ3) is 6.12. The summed E-state index contributed by atoms with van der Waals surface area (Å²) < 4.78 is 5.59. The van der Waals surface area contributed by atoms with Crippen molar-refractivity contribution in [2.24, 2.45) is 0 Å². The van der Waals surface area contributed by atoms with E-state index in [0.717, 1.165) is 43.9 Å². The van der Waals surface area contributed by atoms with Gasteiger partial charge in [-0.3, -0.25) is 14.9 Å². The van der Waals surface area contributed by atoms with Gasteiger partial charge in [0.1, 0.15) is 5.75 Å². The molecule has 1 saturated heterocycles. The second-order valence-corrected chi connectivity index (χ2v) is 7.91. The van der Waals surface area contributed by atoms with Crippen LogP contribution in [0.25, 0.3) is 0 Å². The van der Waals surface area contributed by atoms with Crippen LogP contribution < -0.4 is 4.74 Å². The van der Waals surface area contributed by atoms with Crippen LogP contribution in [-0.4, -0.2) is 52.0 Å². The Morgan fingerprint density at radius 3 is 2.45 bits per heavy atom. The molecule has 0 N–H and O–H groups in total. The first-order chi connectivity index (χ1) is 15.2. The van der Waals surface area contributed by atoms with E-state index >= 15 is 0 Å². The molecule has 1 aromatic carbocycles. The average Bonchev–Trinajstić information content (AvgIpc) is 2.80. The molecule has 1 aliphatic heterocycles. The Morgan fingerprint density at radius 1 is 0.935 bits per heavy atom. The highest BCUT2D eigenvalue weighted by atomic mass is 16.6. The highest BCUT2D eigenvalue weighted by molar-refractivity contribution is 5.70. The summed E-state index contributed by atoms with van der Waals surface area (Å²) in [5.74, 6) is 0.584. The first-order valence-corrected chi connectivity index (χ1v) is 10.8. The Bertz CT molecular complexity index is 984. The molecule has 1 aliphatic rings. The van der Waals surface area contributed by atoms with Gasteiger partial charge in [-0.2, -0.15) is 0 Å². The summed E-state index contributed by atoms with van der Waals surface area (Å²) in [7, 11) is 0. The number of pyridine rings is 2. The van der Waals surface area contributed by atoms with Crippen LogP contribution in [0, 0.1) is 6.92 Å². The minimum atomic E-state index is -0.280. The zero-order valence-corrected chi connectivity index (χ0v) is 17.9. The van der Waals surface area contributed by atoms with E-state index in [4.69, 9.17) is 4.74 Å². The van der Waals surface area contributed by atoms with Crippen molar-refractivity contribution < 1.29 is 9.53 Å². The number of hydrogen-bond acceptors (Lipinski definition) is 5. The number of aryl methyl sites for hydroxylation is 3. The van der Waals surface area contributed by atoms with E-state index in [1.807, 2.05) is 55.6 Å². The maximum Gasteiger partial charge on any atom is 0.415 e. The fourth-order valence-electron chi connectivity index (χ4n) is 3.74. The molecule has 3 heterocycles. The predicted octanol–water partition coefficient (Wildman–Crippen LogP) is 3.89. The van der Waals surface area contributed by atoms with Crippen molar-refractivity contribution in [2.45, 2.75) is 26.3 Å². The summed E-state index contributed by atoms with van der Waals surface area (Å²) in [5, 5.41) is 0. The number of amides is 1. The van der Waals surface area contributed by atoms with Crippen molar-refractivity contribution in [3.05, 3.63) is 89.5 Å². The van der Waals surface area contributed by atoms with E-state index in [-0.39, 0.29) is 6.09 Å². The summed E-state index contributed by atoms with van der Waals surface area (Å²) in [4.78, 5) is 25.3. The zero-order valence-electron chi connectivity index (χ0n) is 17.9. The number of hydrogen-bond donors (Lipinski definition) is 0. The standard InChI is InChI=1S/C25H28N4O2/c1-20-4-2-6-23(27-20)10-7-21-8-11-24(12-9-21)31-25(30)29-16-14-28(15-17-29)19-22-5-3-13-26-18-22/h2-6,8-9,11-13,18H,7,10,14-17,19H2,1H3. The number of piperazine rings is 1. The minimum Gasteiger partial charge on any atom is -0.410 e. The zero-order chi connectivity index (χ0) is 21.5. The largest absolute Gasteiger partial charge is 0.415 e. The normalized spacial score (nSPS) is 14.4. The van der Waals surface area contributed by atoms with Gasteiger partial charge in [0.15, 0.2) is 0 Å². The molecule has 160 valence electrons. The molecule has 1 amide bonds. The number of carbonyl (C=O) groups is 1. The molecule has 0 aliphatic carbocycles. The van der Waals surface area contributed by atoms with Gasteiger partial charge >= 0.3 is 6.09 Å². The van der Waals surface area contributed by atoms with Crippen molar-refractivity contribution in [2.75, 3.05) is 26.2 Å². The number of ether oxygens (including phenoxy) is 1. The van der Waals surface area contributed by atoms with Crippen LogP contribution in [0.5, 0.6) is 5.75 Å². The highest BCUT2D eigenvalue weighted by Crippen LogP contribution is 2.16. The van der Waals surface area contributed by atoms with E-state index in [2.05, 4.69) is 27.0 Å². The van der Waals surface area contributed by atoms with Crippen molar-refractivity contribution in [3.8, 4) is 5.75 Å². The van der Waals surface area contributed by atoms with E-state index in [0.29, 0.717) is 18.8 Å². The molecular formula is C25H28N4O2. The molecule has 31 heavy (non-hydrogen) atoms. The summed E-state index contributed by atoms with van der Waals surface area (Å²) in [6.45, 7) is 5.86. The third-order valence-electron chi connectivity index (χ3n) is 5.50. The molecule has 0 radical (unpaired) electrons. The van der Waals surface area contributed by atoms with Crippen LogP contribution in [0.2, 0.25) is 0 Å². The summed E-state index contributed by atoms with van der Waals surface area (Å²) in [6, 6.07) is 17.9. The SMILES string of the molecule is Cc1cccc(CCc2ccc(OC(=O)N3CCN(Cc4cccnc4)CC3)cc2)n1. The van der Waals surface area contributed by atoms with Gasteiger partial charge in [-0.1, -0.05) is 24.3 Å². The summed E-state index contributed by atoms with van der Waals surface area (Å²) in [5.41, 5.74) is 4.53. The van der Waals surface area contributed by atoms with E-state index in [1.54, 1.807) is 11.1 Å². The number of nitrogens with zero attached hydrogens (tertiary/aromatic N) is 4. The first kappa shape index (κ1) is 21.0. The van der Waals surface area contributed by atoms with Crippen LogP contribution in [-0.2, 0) is 19.4 Å². The summed E-state index contributed by atoms with van der Waals surface area (Å²) >= 11 is 0. The molecule has 0 bridgehead atoms. The lowest BCUT2D eigenvalue weighted by molar-refractivity contribution is 0.108. The molecular weight excluding hydrogens is 388 g/mol. The van der Waals surface area contributed by atoms with Gasteiger partial charge in [0.05, 0.1) is 0 Å². The van der Waals surface area contributed by atoms with Gasteiger partial charge in [-0.15, -0.1) is 0 Å². The smallest absolute Gasteiger partial charge is 0.410 e. The van der Waals surface area contributed by atoms with Crippen LogP contribution in [0.15, 0.2) is 67.0 Å². The van der Waals surface area contributed by atoms with Gasteiger partial charge < -0.3 is 9.64 Å². The Kier molecular flexibility index (Phi) is 6.89. The van der Waals surface area contributed by atoms with Gasteiger partial charge in [-0.05, 0) is 61.2 Å². The molecule has 0 saturated carbocycles. The number of carbonyl (C=O) groups excluding carboxylic acids is 1. The lowest BCUT2D eigenvalue weighted by atomic mass is 10.1. The third-order valence-corrected chi connectivity index (χ3v) is 5.50. The first-order valence-electron chi connectivity index (χ1n) is 10.8. The quantitative estimate of drug-likeness (QED) is 0.610. The second-order valence-electron chi connectivity index (χ2n) is 7.91. The van der Waals surface area contributed by atoms with Crippen molar-refractivity contribution in [3.63, 3.8) is 0 Å². The van der Waals surface area contributed by atoms with Gasteiger partial charge in [0, 0.05) is 56.5 Å². The number of benzene rings is 1. The predicted molar refractivity (Wildman–Crippen MR) is 120 cm³/mol. The summed E-state index contributed by atoms with van der Waals surface area (Å²) in [6.07, 6.45) is 5.19. The van der Waals surface area contributed by atoms with Gasteiger partial charge in [0.25, 0.3) is 0 Å². The van der Waals surface area contributed by atoms with Crippen molar-refractivity contribution in [1.82, 2.24) is 19.8 Å². The monoisotopic (exact) mass is 416 g/mol. The second kappa shape index (κ2) is 10.2. The van der Waals surface area contributed by atoms with Crippen molar-refractivity contribution >= 4 is 6.09 Å². The Labute approximate surface area is 183 Å². The van der Waals surface area contributed by atoms with Crippen LogP contribution in [0.4, 0.5) is 4.79 Å². The molecule has 6 nitrogen and oxygen atoms in total. The fourth-order valence-corrected chi connectivity index (χ4v) is 3.74. The molecule has 0 spiro atoms. The molecule has 6 heteroatoms. The van der Waals surface area contributed by atoms with Crippen molar-refractivity contribution in [1.29, 1.82) is 0 Å². The van der Waals surface area contributed by atoms with E-state index < -0.39 is 0 Å². The van der Waals surface area contributed by atoms with Crippen LogP contribution in [0.1, 0.15) is 22.5 Å². The lowest BCUT2D eigenvalue weighted by Gasteiger charge is -2.33. The van der Waals surface area contributed by atoms with E-state index in [1.165, 1.54) is 11.1 Å². The molecule has 0 atom stereocenters. The van der Waals surface area contributed by atoms with Gasteiger partial charge in [-0.25, -0.2) is 4.79 Å². The molecule has 0 unspecified atom stereocenters. The molecule has 1 fully saturated rings. The lowest BCUT2D eigenvalue weighted by Crippen LogP contribution is -2.49. The number of rotatable bonds is 6. The molecule has 3 aromatic rings. The molecule has 4 rings (SSSR count). The maximum absolute atomic E-state index is 12.5.